The molecule has 0 aromatic heterocycles. The molecule has 0 amide bonds. The largest absolute Gasteiger partial charge is 0.478 e. The Bertz CT molecular complexity index is 589. The van der Waals surface area contributed by atoms with E-state index in [9.17, 15) is 9.59 Å². The van der Waals surface area contributed by atoms with Crippen LogP contribution in [0.2, 0.25) is 0 Å². The smallest absolute Gasteiger partial charge is 0.335 e. The SMILES string of the molecule is CCCCCC(CO)CO.O=C(O)c1ccccc1.O=C(O)c1ccccc1. The Morgan fingerprint density at radius 2 is 1.14 bits per heavy atom. The number of aliphatic hydroxyl groups excluding tert-OH is 2. The molecule has 2 aromatic carbocycles. The topological polar surface area (TPSA) is 115 Å². The van der Waals surface area contributed by atoms with Gasteiger partial charge in [0.15, 0.2) is 0 Å². The van der Waals surface area contributed by atoms with Crippen LogP contribution in [0.1, 0.15) is 53.3 Å². The average molecular weight is 390 g/mol. The molecule has 0 heterocycles. The molecule has 4 N–H and O–H groups in total. The van der Waals surface area contributed by atoms with E-state index in [-0.39, 0.29) is 19.1 Å². The molecule has 2 aromatic rings. The van der Waals surface area contributed by atoms with Gasteiger partial charge in [0.2, 0.25) is 0 Å². The minimum Gasteiger partial charge on any atom is -0.478 e. The first kappa shape index (κ1) is 25.3. The predicted octanol–water partition coefficient (Wildman–Crippen LogP) is 3.94. The van der Waals surface area contributed by atoms with E-state index in [1.807, 2.05) is 0 Å². The summed E-state index contributed by atoms with van der Waals surface area (Å²) in [5.41, 5.74) is 0.662. The number of benzene rings is 2. The van der Waals surface area contributed by atoms with Crippen LogP contribution in [0.3, 0.4) is 0 Å². The minimum absolute atomic E-state index is 0.117. The molecule has 0 unspecified atom stereocenters. The molecule has 0 spiro atoms. The van der Waals surface area contributed by atoms with Gasteiger partial charge in [-0.25, -0.2) is 9.59 Å². The molecule has 6 nitrogen and oxygen atoms in total. The van der Waals surface area contributed by atoms with Crippen molar-refractivity contribution >= 4 is 11.9 Å². The van der Waals surface area contributed by atoms with Crippen molar-refractivity contribution in [3.8, 4) is 0 Å². The number of hydrogen-bond acceptors (Lipinski definition) is 4. The lowest BCUT2D eigenvalue weighted by atomic mass is 10.0. The van der Waals surface area contributed by atoms with Crippen molar-refractivity contribution in [1.29, 1.82) is 0 Å². The van der Waals surface area contributed by atoms with Crippen molar-refractivity contribution in [2.24, 2.45) is 5.92 Å². The number of aliphatic hydroxyl groups is 2. The predicted molar refractivity (Wildman–Crippen MR) is 109 cm³/mol. The minimum atomic E-state index is -0.879. The Morgan fingerprint density at radius 3 is 1.39 bits per heavy atom. The summed E-state index contributed by atoms with van der Waals surface area (Å²) < 4.78 is 0. The number of carbonyl (C=O) groups is 2. The van der Waals surface area contributed by atoms with E-state index in [1.165, 1.54) is 12.8 Å². The fourth-order valence-electron chi connectivity index (χ4n) is 2.08. The van der Waals surface area contributed by atoms with Crippen molar-refractivity contribution in [3.05, 3.63) is 71.8 Å². The summed E-state index contributed by atoms with van der Waals surface area (Å²) in [6, 6.07) is 16.6. The normalized spacial score (nSPS) is 9.57. The van der Waals surface area contributed by atoms with Crippen LogP contribution in [-0.2, 0) is 0 Å². The Labute approximate surface area is 166 Å². The Balaban J connectivity index is 0.000000391. The fourth-order valence-corrected chi connectivity index (χ4v) is 2.08. The van der Waals surface area contributed by atoms with Crippen molar-refractivity contribution in [3.63, 3.8) is 0 Å². The van der Waals surface area contributed by atoms with E-state index in [2.05, 4.69) is 6.92 Å². The maximum absolute atomic E-state index is 10.2. The van der Waals surface area contributed by atoms with Gasteiger partial charge in [-0.15, -0.1) is 0 Å². The lowest BCUT2D eigenvalue weighted by Crippen LogP contribution is -2.10. The molecule has 6 heteroatoms. The third kappa shape index (κ3) is 12.6. The van der Waals surface area contributed by atoms with Gasteiger partial charge in [0, 0.05) is 19.1 Å². The summed E-state index contributed by atoms with van der Waals surface area (Å²) in [6.45, 7) is 2.40. The molecule has 28 heavy (non-hydrogen) atoms. The van der Waals surface area contributed by atoms with Crippen LogP contribution in [0.15, 0.2) is 60.7 Å². The summed E-state index contributed by atoms with van der Waals surface area (Å²) in [4.78, 5) is 20.4. The number of carboxylic acids is 2. The fraction of sp³-hybridized carbons (Fsp3) is 0.364. The molecule has 0 saturated carbocycles. The lowest BCUT2D eigenvalue weighted by molar-refractivity contribution is 0.0686. The number of carboxylic acid groups (broad SMARTS) is 2. The van der Waals surface area contributed by atoms with E-state index in [1.54, 1.807) is 60.7 Å². The van der Waals surface area contributed by atoms with Crippen LogP contribution in [0.25, 0.3) is 0 Å². The van der Waals surface area contributed by atoms with E-state index < -0.39 is 11.9 Å². The molecule has 0 bridgehead atoms. The van der Waals surface area contributed by atoms with Gasteiger partial charge < -0.3 is 20.4 Å². The Hall–Kier alpha value is -2.70. The van der Waals surface area contributed by atoms with E-state index in [4.69, 9.17) is 20.4 Å². The molecular formula is C22H30O6. The third-order valence-electron chi connectivity index (χ3n) is 3.77. The van der Waals surface area contributed by atoms with Gasteiger partial charge in [-0.3, -0.25) is 0 Å². The molecule has 0 aliphatic carbocycles. The number of hydrogen-bond donors (Lipinski definition) is 4. The average Bonchev–Trinajstić information content (AvgIpc) is 2.73. The van der Waals surface area contributed by atoms with Gasteiger partial charge in [-0.2, -0.15) is 0 Å². The summed E-state index contributed by atoms with van der Waals surface area (Å²) >= 11 is 0. The van der Waals surface area contributed by atoms with Gasteiger partial charge in [-0.05, 0) is 30.7 Å². The molecule has 0 saturated heterocycles. The standard InChI is InChI=1S/C8H18O2.2C7H6O2/c1-2-3-4-5-8(6-9)7-10;2*8-7(9)6-4-2-1-3-5-6/h8-10H,2-7H2,1H3;2*1-5H,(H,8,9). The number of aromatic carboxylic acids is 2. The van der Waals surface area contributed by atoms with Crippen molar-refractivity contribution in [2.45, 2.75) is 32.6 Å². The van der Waals surface area contributed by atoms with Crippen molar-refractivity contribution in [1.82, 2.24) is 0 Å². The molecular weight excluding hydrogens is 360 g/mol. The third-order valence-corrected chi connectivity index (χ3v) is 3.77. The monoisotopic (exact) mass is 390 g/mol. The molecule has 0 atom stereocenters. The molecule has 0 fully saturated rings. The zero-order valence-corrected chi connectivity index (χ0v) is 16.2. The van der Waals surface area contributed by atoms with Gasteiger partial charge in [0.25, 0.3) is 0 Å². The first-order valence-corrected chi connectivity index (χ1v) is 9.24. The highest BCUT2D eigenvalue weighted by atomic mass is 16.4. The van der Waals surface area contributed by atoms with E-state index in [0.29, 0.717) is 11.1 Å². The summed E-state index contributed by atoms with van der Waals surface area (Å²) in [7, 11) is 0. The maximum atomic E-state index is 10.2. The zero-order valence-electron chi connectivity index (χ0n) is 16.2. The number of unbranched alkanes of at least 4 members (excludes halogenated alkanes) is 2. The maximum Gasteiger partial charge on any atom is 0.335 e. The second kappa shape index (κ2) is 16.5. The van der Waals surface area contributed by atoms with Crippen LogP contribution in [0.4, 0.5) is 0 Å². The molecule has 0 radical (unpaired) electrons. The molecule has 2 rings (SSSR count). The van der Waals surface area contributed by atoms with Gasteiger partial charge in [0.05, 0.1) is 11.1 Å². The highest BCUT2D eigenvalue weighted by Gasteiger charge is 2.03. The molecule has 0 aliphatic heterocycles. The van der Waals surface area contributed by atoms with Crippen LogP contribution >= 0.6 is 0 Å². The molecule has 154 valence electrons. The first-order chi connectivity index (χ1) is 13.5. The summed E-state index contributed by atoms with van der Waals surface area (Å²) in [6.07, 6.45) is 4.49. The van der Waals surface area contributed by atoms with Crippen LogP contribution in [0.5, 0.6) is 0 Å². The quantitative estimate of drug-likeness (QED) is 0.508. The van der Waals surface area contributed by atoms with Crippen LogP contribution in [-0.4, -0.2) is 45.6 Å². The second-order valence-electron chi connectivity index (χ2n) is 6.07. The van der Waals surface area contributed by atoms with Crippen LogP contribution < -0.4 is 0 Å². The lowest BCUT2D eigenvalue weighted by Gasteiger charge is -2.08. The molecule has 0 aliphatic rings. The number of rotatable bonds is 8. The Morgan fingerprint density at radius 1 is 0.750 bits per heavy atom. The highest BCUT2D eigenvalue weighted by Crippen LogP contribution is 2.07. The zero-order chi connectivity index (χ0) is 21.2. The van der Waals surface area contributed by atoms with E-state index >= 15 is 0 Å². The Kier molecular flexibility index (Phi) is 14.9. The van der Waals surface area contributed by atoms with Gasteiger partial charge in [-0.1, -0.05) is 62.6 Å². The second-order valence-corrected chi connectivity index (χ2v) is 6.07. The van der Waals surface area contributed by atoms with Crippen molar-refractivity contribution < 1.29 is 30.0 Å². The summed E-state index contributed by atoms with van der Waals surface area (Å²) in [5, 5.41) is 34.1. The van der Waals surface area contributed by atoms with Gasteiger partial charge in [0.1, 0.15) is 0 Å². The summed E-state index contributed by atoms with van der Waals surface area (Å²) in [5.74, 6) is -1.64. The highest BCUT2D eigenvalue weighted by molar-refractivity contribution is 5.87. The van der Waals surface area contributed by atoms with Gasteiger partial charge >= 0.3 is 11.9 Å². The van der Waals surface area contributed by atoms with Crippen molar-refractivity contribution in [2.75, 3.05) is 13.2 Å². The van der Waals surface area contributed by atoms with Crippen LogP contribution in [0, 0.1) is 5.92 Å². The first-order valence-electron chi connectivity index (χ1n) is 9.24. The van der Waals surface area contributed by atoms with E-state index in [0.717, 1.165) is 12.8 Å².